The van der Waals surface area contributed by atoms with Gasteiger partial charge in [-0.25, -0.2) is 4.79 Å². The molecule has 0 aliphatic rings. The van der Waals surface area contributed by atoms with Gasteiger partial charge in [-0.3, -0.25) is 9.59 Å². The van der Waals surface area contributed by atoms with E-state index >= 15 is 0 Å². The number of carbonyl (C=O) groups excluding carboxylic acids is 1. The van der Waals surface area contributed by atoms with E-state index in [0.717, 1.165) is 0 Å². The normalized spacial score (nSPS) is 11.8. The number of rotatable bonds is 9. The third kappa shape index (κ3) is 8.21. The van der Waals surface area contributed by atoms with Gasteiger partial charge in [0.1, 0.15) is 6.04 Å². The van der Waals surface area contributed by atoms with Crippen molar-refractivity contribution in [3.63, 3.8) is 0 Å². The van der Waals surface area contributed by atoms with Crippen LogP contribution in [0.5, 0.6) is 0 Å². The molecule has 0 aliphatic heterocycles. The Bertz CT molecular complexity index is 280. The van der Waals surface area contributed by atoms with Crippen LogP contribution in [0.1, 0.15) is 25.7 Å². The van der Waals surface area contributed by atoms with E-state index < -0.39 is 18.0 Å². The van der Waals surface area contributed by atoms with Crippen molar-refractivity contribution in [1.29, 1.82) is 0 Å². The Balaban J connectivity index is 4.02. The molecule has 7 heteroatoms. The summed E-state index contributed by atoms with van der Waals surface area (Å²) in [7, 11) is 1.75. The molecule has 0 bridgehead atoms. The monoisotopic (exact) mass is 246 g/mol. The molecule has 98 valence electrons. The van der Waals surface area contributed by atoms with Gasteiger partial charge in [-0.2, -0.15) is 0 Å². The fraction of sp³-hybridized carbons (Fsp3) is 0.700. The minimum absolute atomic E-state index is 0.109. The van der Waals surface area contributed by atoms with Crippen LogP contribution in [0.3, 0.4) is 0 Å². The maximum Gasteiger partial charge on any atom is 0.326 e. The van der Waals surface area contributed by atoms with Gasteiger partial charge >= 0.3 is 11.9 Å². The molecule has 0 aromatic carbocycles. The van der Waals surface area contributed by atoms with Gasteiger partial charge in [0.15, 0.2) is 0 Å². The highest BCUT2D eigenvalue weighted by Crippen LogP contribution is 1.99. The Morgan fingerprint density at radius 3 is 2.29 bits per heavy atom. The fourth-order valence-corrected chi connectivity index (χ4v) is 1.22. The lowest BCUT2D eigenvalue weighted by molar-refractivity contribution is -0.143. The van der Waals surface area contributed by atoms with Gasteiger partial charge in [0.05, 0.1) is 0 Å². The minimum atomic E-state index is -1.21. The number of nitrogens with one attached hydrogen (secondary N) is 2. The quantitative estimate of drug-likeness (QED) is 0.404. The van der Waals surface area contributed by atoms with Gasteiger partial charge in [0.2, 0.25) is 5.91 Å². The fourth-order valence-electron chi connectivity index (χ4n) is 1.22. The van der Waals surface area contributed by atoms with Gasteiger partial charge in [0.25, 0.3) is 0 Å². The largest absolute Gasteiger partial charge is 0.481 e. The summed E-state index contributed by atoms with van der Waals surface area (Å²) in [5, 5.41) is 22.4. The molecule has 1 atom stereocenters. The summed E-state index contributed by atoms with van der Waals surface area (Å²) in [6.45, 7) is 0.667. The molecule has 0 aromatic heterocycles. The molecule has 0 heterocycles. The second-order valence-electron chi connectivity index (χ2n) is 3.60. The van der Waals surface area contributed by atoms with Crippen molar-refractivity contribution in [1.82, 2.24) is 10.6 Å². The molecule has 0 fully saturated rings. The maximum atomic E-state index is 11.3. The first-order chi connectivity index (χ1) is 7.97. The highest BCUT2D eigenvalue weighted by molar-refractivity contribution is 5.83. The van der Waals surface area contributed by atoms with E-state index in [4.69, 9.17) is 10.2 Å². The zero-order chi connectivity index (χ0) is 13.3. The molecular formula is C10H18N2O5. The van der Waals surface area contributed by atoms with Crippen LogP contribution in [0.25, 0.3) is 0 Å². The lowest BCUT2D eigenvalue weighted by Gasteiger charge is -2.13. The van der Waals surface area contributed by atoms with Crippen molar-refractivity contribution >= 4 is 17.8 Å². The van der Waals surface area contributed by atoms with Gasteiger partial charge < -0.3 is 20.8 Å². The van der Waals surface area contributed by atoms with E-state index in [9.17, 15) is 14.4 Å². The Morgan fingerprint density at radius 2 is 1.82 bits per heavy atom. The summed E-state index contributed by atoms with van der Waals surface area (Å²) in [4.78, 5) is 32.4. The van der Waals surface area contributed by atoms with E-state index in [2.05, 4.69) is 10.6 Å². The number of carboxylic acids is 2. The van der Waals surface area contributed by atoms with Crippen molar-refractivity contribution < 1.29 is 24.6 Å². The number of carboxylic acid groups (broad SMARTS) is 2. The Kier molecular flexibility index (Phi) is 7.70. The minimum Gasteiger partial charge on any atom is -0.481 e. The standard InChI is InChI=1S/C10H18N2O5/c1-11-6-2-3-8(13)12-7(10(16)17)4-5-9(14)15/h7,11H,2-6H2,1H3,(H,12,13)(H,14,15)(H,16,17). The van der Waals surface area contributed by atoms with Crippen LogP contribution >= 0.6 is 0 Å². The van der Waals surface area contributed by atoms with Gasteiger partial charge in [-0.1, -0.05) is 0 Å². The van der Waals surface area contributed by atoms with E-state index in [1.54, 1.807) is 7.05 Å². The van der Waals surface area contributed by atoms with E-state index in [-0.39, 0.29) is 25.2 Å². The highest BCUT2D eigenvalue weighted by atomic mass is 16.4. The summed E-state index contributed by atoms with van der Waals surface area (Å²) in [5.41, 5.74) is 0. The Morgan fingerprint density at radius 1 is 1.18 bits per heavy atom. The predicted molar refractivity (Wildman–Crippen MR) is 59.6 cm³/mol. The molecule has 0 rings (SSSR count). The first-order valence-electron chi connectivity index (χ1n) is 5.36. The molecule has 0 spiro atoms. The summed E-state index contributed by atoms with van der Waals surface area (Å²) >= 11 is 0. The third-order valence-electron chi connectivity index (χ3n) is 2.11. The highest BCUT2D eigenvalue weighted by Gasteiger charge is 2.20. The lowest BCUT2D eigenvalue weighted by atomic mass is 10.1. The van der Waals surface area contributed by atoms with Crippen molar-refractivity contribution in [2.24, 2.45) is 0 Å². The average molecular weight is 246 g/mol. The zero-order valence-corrected chi connectivity index (χ0v) is 9.73. The van der Waals surface area contributed by atoms with Crippen molar-refractivity contribution in [2.75, 3.05) is 13.6 Å². The lowest BCUT2D eigenvalue weighted by Crippen LogP contribution is -2.41. The van der Waals surface area contributed by atoms with Crippen LogP contribution in [0.2, 0.25) is 0 Å². The number of amides is 1. The molecular weight excluding hydrogens is 228 g/mol. The number of aliphatic carboxylic acids is 2. The molecule has 1 amide bonds. The van der Waals surface area contributed by atoms with Gasteiger partial charge in [-0.05, 0) is 26.4 Å². The smallest absolute Gasteiger partial charge is 0.326 e. The molecule has 1 unspecified atom stereocenters. The van der Waals surface area contributed by atoms with Gasteiger partial charge in [0, 0.05) is 12.8 Å². The van der Waals surface area contributed by atoms with E-state index in [0.29, 0.717) is 13.0 Å². The Labute approximate surface area is 99.2 Å². The average Bonchev–Trinajstić information content (AvgIpc) is 2.23. The zero-order valence-electron chi connectivity index (χ0n) is 9.73. The summed E-state index contributed by atoms with van der Waals surface area (Å²) in [5.74, 6) is -2.67. The second-order valence-corrected chi connectivity index (χ2v) is 3.60. The summed E-state index contributed by atoms with van der Waals surface area (Å²) < 4.78 is 0. The van der Waals surface area contributed by atoms with Crippen molar-refractivity contribution in [3.05, 3.63) is 0 Å². The van der Waals surface area contributed by atoms with E-state index in [1.807, 2.05) is 0 Å². The molecule has 17 heavy (non-hydrogen) atoms. The van der Waals surface area contributed by atoms with Gasteiger partial charge in [-0.15, -0.1) is 0 Å². The van der Waals surface area contributed by atoms with Crippen LogP contribution in [0.15, 0.2) is 0 Å². The predicted octanol–water partition coefficient (Wildman–Crippen LogP) is -0.580. The summed E-state index contributed by atoms with van der Waals surface area (Å²) in [6, 6.07) is -1.13. The van der Waals surface area contributed by atoms with Crippen LogP contribution in [0, 0.1) is 0 Å². The molecule has 0 radical (unpaired) electrons. The molecule has 7 nitrogen and oxygen atoms in total. The van der Waals surface area contributed by atoms with Crippen LogP contribution in [-0.4, -0.2) is 47.7 Å². The molecule has 0 saturated heterocycles. The number of carbonyl (C=O) groups is 3. The number of hydrogen-bond donors (Lipinski definition) is 4. The number of hydrogen-bond acceptors (Lipinski definition) is 4. The first kappa shape index (κ1) is 15.4. The summed E-state index contributed by atoms with van der Waals surface area (Å²) in [6.07, 6.45) is 0.432. The Hall–Kier alpha value is -1.63. The van der Waals surface area contributed by atoms with Crippen molar-refractivity contribution in [3.8, 4) is 0 Å². The molecule has 0 aliphatic carbocycles. The topological polar surface area (TPSA) is 116 Å². The maximum absolute atomic E-state index is 11.3. The molecule has 4 N–H and O–H groups in total. The first-order valence-corrected chi connectivity index (χ1v) is 5.36. The molecule has 0 saturated carbocycles. The van der Waals surface area contributed by atoms with Crippen molar-refractivity contribution in [2.45, 2.75) is 31.7 Å². The van der Waals surface area contributed by atoms with Crippen LogP contribution in [0.4, 0.5) is 0 Å². The van der Waals surface area contributed by atoms with E-state index in [1.165, 1.54) is 0 Å². The SMILES string of the molecule is CNCCCC(=O)NC(CCC(=O)O)C(=O)O. The van der Waals surface area contributed by atoms with Crippen LogP contribution in [-0.2, 0) is 14.4 Å². The molecule has 0 aromatic rings. The third-order valence-corrected chi connectivity index (χ3v) is 2.11. The van der Waals surface area contributed by atoms with Crippen LogP contribution < -0.4 is 10.6 Å². The second kappa shape index (κ2) is 8.51.